The largest absolute Gasteiger partial charge is 0.482 e. The molecule has 0 bridgehead atoms. The van der Waals surface area contributed by atoms with Crippen molar-refractivity contribution >= 4 is 33.8 Å². The first-order chi connectivity index (χ1) is 18.7. The molecule has 3 rings (SSSR count). The van der Waals surface area contributed by atoms with Crippen LogP contribution < -0.4 is 14.5 Å². The van der Waals surface area contributed by atoms with Crippen LogP contribution in [0.3, 0.4) is 0 Å². The van der Waals surface area contributed by atoms with E-state index in [2.05, 4.69) is 10.5 Å². The number of carbonyl (C=O) groups excluding carboxylic acids is 2. The van der Waals surface area contributed by atoms with E-state index >= 15 is 0 Å². The highest BCUT2D eigenvalue weighted by Gasteiger charge is 2.27. The lowest BCUT2D eigenvalue weighted by Crippen LogP contribution is -2.39. The summed E-state index contributed by atoms with van der Waals surface area (Å²) < 4.78 is 38.8. The number of hydrogen-bond donors (Lipinski definition) is 1. The number of hydrazone groups is 1. The van der Waals surface area contributed by atoms with Crippen molar-refractivity contribution in [3.05, 3.63) is 89.0 Å². The summed E-state index contributed by atoms with van der Waals surface area (Å²) in [7, 11) is -4.03. The Kier molecular flexibility index (Phi) is 9.70. The quantitative estimate of drug-likeness (QED) is 0.217. The molecule has 0 aliphatic carbocycles. The molecule has 10 heteroatoms. The first-order valence-electron chi connectivity index (χ1n) is 12.7. The molecular weight excluding hydrogens is 530 g/mol. The standard InChI is InChI=1S/C30H35N3O6S/c1-21-7-15-27(16-8-21)40(36,37)33(25-12-9-22(2)23(3)17-25)19-28(34)32-31-18-24-10-13-26(14-11-24)38-20-29(35)39-30(4,5)6/h7-18H,19-20H2,1-6H3,(H,32,34)/b31-18-. The summed E-state index contributed by atoms with van der Waals surface area (Å²) in [6.45, 7) is 10.3. The van der Waals surface area contributed by atoms with E-state index in [1.54, 1.807) is 69.3 Å². The molecule has 212 valence electrons. The topological polar surface area (TPSA) is 114 Å². The number of ether oxygens (including phenoxy) is 2. The number of sulfonamides is 1. The molecule has 0 atom stereocenters. The SMILES string of the molecule is Cc1ccc(S(=O)(=O)N(CC(=O)N/N=C\c2ccc(OCC(=O)OC(C)(C)C)cc2)c2ccc(C)c(C)c2)cc1. The Bertz CT molecular complexity index is 1480. The van der Waals surface area contributed by atoms with Crippen LogP contribution in [0, 0.1) is 20.8 Å². The molecule has 40 heavy (non-hydrogen) atoms. The van der Waals surface area contributed by atoms with Crippen LogP contribution in [-0.2, 0) is 24.3 Å². The summed E-state index contributed by atoms with van der Waals surface area (Å²) in [6, 6.07) is 18.4. The molecule has 0 aromatic heterocycles. The summed E-state index contributed by atoms with van der Waals surface area (Å²) in [6.07, 6.45) is 1.42. The van der Waals surface area contributed by atoms with Gasteiger partial charge >= 0.3 is 5.97 Å². The van der Waals surface area contributed by atoms with Crippen LogP contribution in [0.1, 0.15) is 43.0 Å². The predicted octanol–water partition coefficient (Wildman–Crippen LogP) is 4.68. The van der Waals surface area contributed by atoms with Gasteiger partial charge in [-0.1, -0.05) is 23.8 Å². The lowest BCUT2D eigenvalue weighted by molar-refractivity contribution is -0.157. The smallest absolute Gasteiger partial charge is 0.344 e. The molecule has 3 aromatic carbocycles. The van der Waals surface area contributed by atoms with Crippen molar-refractivity contribution < 1.29 is 27.5 Å². The molecule has 0 heterocycles. The zero-order valence-electron chi connectivity index (χ0n) is 23.6. The molecule has 1 N–H and O–H groups in total. The zero-order chi connectivity index (χ0) is 29.5. The molecular formula is C30H35N3O6S. The highest BCUT2D eigenvalue weighted by molar-refractivity contribution is 7.92. The maximum atomic E-state index is 13.5. The van der Waals surface area contributed by atoms with Crippen LogP contribution in [0.2, 0.25) is 0 Å². The van der Waals surface area contributed by atoms with E-state index in [4.69, 9.17) is 9.47 Å². The Balaban J connectivity index is 1.67. The van der Waals surface area contributed by atoms with Crippen LogP contribution >= 0.6 is 0 Å². The van der Waals surface area contributed by atoms with Crippen molar-refractivity contribution in [3.63, 3.8) is 0 Å². The summed E-state index contributed by atoms with van der Waals surface area (Å²) in [5, 5.41) is 3.97. The van der Waals surface area contributed by atoms with Gasteiger partial charge in [0.2, 0.25) is 0 Å². The van der Waals surface area contributed by atoms with Gasteiger partial charge in [-0.3, -0.25) is 9.10 Å². The van der Waals surface area contributed by atoms with Crippen molar-refractivity contribution in [1.29, 1.82) is 0 Å². The van der Waals surface area contributed by atoms with Crippen LogP contribution in [0.4, 0.5) is 5.69 Å². The highest BCUT2D eigenvalue weighted by Crippen LogP contribution is 2.26. The molecule has 0 aliphatic heterocycles. The third-order valence-electron chi connectivity index (χ3n) is 5.73. The monoisotopic (exact) mass is 565 g/mol. The second-order valence-corrected chi connectivity index (χ2v) is 12.2. The first kappa shape index (κ1) is 30.4. The lowest BCUT2D eigenvalue weighted by Gasteiger charge is -2.24. The van der Waals surface area contributed by atoms with E-state index in [1.165, 1.54) is 18.3 Å². The van der Waals surface area contributed by atoms with Crippen molar-refractivity contribution in [1.82, 2.24) is 5.43 Å². The van der Waals surface area contributed by atoms with E-state index in [0.717, 1.165) is 21.0 Å². The van der Waals surface area contributed by atoms with Gasteiger partial charge in [0, 0.05) is 0 Å². The third kappa shape index (κ3) is 8.67. The number of carbonyl (C=O) groups is 2. The van der Waals surface area contributed by atoms with Crippen molar-refractivity contribution in [2.24, 2.45) is 5.10 Å². The first-order valence-corrected chi connectivity index (χ1v) is 14.1. The maximum Gasteiger partial charge on any atom is 0.344 e. The summed E-state index contributed by atoms with van der Waals surface area (Å²) in [5.41, 5.74) is 5.67. The van der Waals surface area contributed by atoms with E-state index < -0.39 is 34.0 Å². The van der Waals surface area contributed by atoms with Crippen molar-refractivity contribution in [3.8, 4) is 5.75 Å². The molecule has 0 saturated heterocycles. The molecule has 0 radical (unpaired) electrons. The molecule has 3 aromatic rings. The molecule has 1 amide bonds. The van der Waals surface area contributed by atoms with Gasteiger partial charge in [0.25, 0.3) is 15.9 Å². The fraction of sp³-hybridized carbons (Fsp3) is 0.300. The number of benzene rings is 3. The van der Waals surface area contributed by atoms with Crippen LogP contribution in [0.15, 0.2) is 76.7 Å². The van der Waals surface area contributed by atoms with Gasteiger partial charge in [0.1, 0.15) is 17.9 Å². The molecule has 0 fully saturated rings. The normalized spacial score (nSPS) is 11.8. The van der Waals surface area contributed by atoms with E-state index in [-0.39, 0.29) is 11.5 Å². The van der Waals surface area contributed by atoms with E-state index in [1.807, 2.05) is 26.8 Å². The summed E-state index contributed by atoms with van der Waals surface area (Å²) in [5.74, 6) is -0.611. The summed E-state index contributed by atoms with van der Waals surface area (Å²) >= 11 is 0. The van der Waals surface area contributed by atoms with Gasteiger partial charge in [-0.2, -0.15) is 5.10 Å². The fourth-order valence-corrected chi connectivity index (χ4v) is 4.95. The number of nitrogens with zero attached hydrogens (tertiary/aromatic N) is 2. The third-order valence-corrected chi connectivity index (χ3v) is 7.52. The van der Waals surface area contributed by atoms with Gasteiger partial charge < -0.3 is 9.47 Å². The Morgan fingerprint density at radius 2 is 1.57 bits per heavy atom. The summed E-state index contributed by atoms with van der Waals surface area (Å²) in [4.78, 5) is 24.7. The molecule has 0 unspecified atom stereocenters. The minimum atomic E-state index is -4.03. The molecule has 0 aliphatic rings. The van der Waals surface area contributed by atoms with Gasteiger partial charge in [-0.15, -0.1) is 0 Å². The second-order valence-electron chi connectivity index (χ2n) is 10.3. The number of esters is 1. The van der Waals surface area contributed by atoms with Crippen LogP contribution in [-0.4, -0.2) is 45.3 Å². The van der Waals surface area contributed by atoms with Crippen molar-refractivity contribution in [2.45, 2.75) is 52.0 Å². The second kappa shape index (κ2) is 12.8. The number of anilines is 1. The molecule has 0 saturated carbocycles. The van der Waals surface area contributed by atoms with Crippen molar-refractivity contribution in [2.75, 3.05) is 17.5 Å². The van der Waals surface area contributed by atoms with E-state index in [9.17, 15) is 18.0 Å². The maximum absolute atomic E-state index is 13.5. The van der Waals surface area contributed by atoms with Crippen LogP contribution in [0.25, 0.3) is 0 Å². The minimum absolute atomic E-state index is 0.0848. The predicted molar refractivity (Wildman–Crippen MR) is 155 cm³/mol. The Hall–Kier alpha value is -4.18. The van der Waals surface area contributed by atoms with Crippen LogP contribution in [0.5, 0.6) is 5.75 Å². The number of hydrogen-bond acceptors (Lipinski definition) is 7. The average molecular weight is 566 g/mol. The Labute approximate surface area is 235 Å². The van der Waals surface area contributed by atoms with Gasteiger partial charge in [-0.05, 0) is 107 Å². The number of amides is 1. The lowest BCUT2D eigenvalue weighted by atomic mass is 10.1. The highest BCUT2D eigenvalue weighted by atomic mass is 32.2. The zero-order valence-corrected chi connectivity index (χ0v) is 24.4. The number of rotatable bonds is 10. The fourth-order valence-electron chi connectivity index (χ4n) is 3.54. The number of nitrogens with one attached hydrogen (secondary N) is 1. The minimum Gasteiger partial charge on any atom is -0.482 e. The Morgan fingerprint density at radius 3 is 2.17 bits per heavy atom. The van der Waals surface area contributed by atoms with E-state index in [0.29, 0.717) is 17.0 Å². The Morgan fingerprint density at radius 1 is 0.925 bits per heavy atom. The van der Waals surface area contributed by atoms with Gasteiger partial charge in [0.05, 0.1) is 16.8 Å². The molecule has 9 nitrogen and oxygen atoms in total. The number of aryl methyl sites for hydroxylation is 3. The average Bonchev–Trinajstić information content (AvgIpc) is 2.88. The van der Waals surface area contributed by atoms with Gasteiger partial charge in [0.15, 0.2) is 6.61 Å². The van der Waals surface area contributed by atoms with Gasteiger partial charge in [-0.25, -0.2) is 18.6 Å². The molecule has 0 spiro atoms.